The Morgan fingerprint density at radius 3 is 1.48 bits per heavy atom. The van der Waals surface area contributed by atoms with Crippen molar-refractivity contribution in [2.75, 3.05) is 0 Å². The minimum Gasteiger partial charge on any atom is -0.388 e. The summed E-state index contributed by atoms with van der Waals surface area (Å²) in [4.78, 5) is 0. The normalized spacial score (nSPS) is 15.4. The zero-order valence-corrected chi connectivity index (χ0v) is 15.8. The molecule has 2 nitrogen and oxygen atoms in total. The van der Waals surface area contributed by atoms with Crippen LogP contribution < -0.4 is 0 Å². The Bertz CT molecular complexity index is 682. The first kappa shape index (κ1) is 18.2. The highest BCUT2D eigenvalue weighted by Crippen LogP contribution is 2.39. The molecular formula is C23H30O2. The summed E-state index contributed by atoms with van der Waals surface area (Å²) in [5.74, 6) is 0.955. The molecule has 2 unspecified atom stereocenters. The first-order valence-electron chi connectivity index (χ1n) is 9.47. The molecule has 2 aromatic rings. The lowest BCUT2D eigenvalue weighted by Gasteiger charge is -2.15. The molecule has 2 aromatic carbocycles. The van der Waals surface area contributed by atoms with Gasteiger partial charge in [0.15, 0.2) is 0 Å². The summed E-state index contributed by atoms with van der Waals surface area (Å²) in [6.07, 6.45) is 1.68. The van der Waals surface area contributed by atoms with Gasteiger partial charge in [-0.15, -0.1) is 0 Å². The van der Waals surface area contributed by atoms with Gasteiger partial charge in [0.2, 0.25) is 0 Å². The SMILES string of the molecule is CC(C)CC(O)c1ccc2c(c1)Cc1cc(C(O)CC(C)C)ccc1-2. The summed E-state index contributed by atoms with van der Waals surface area (Å²) < 4.78 is 0. The molecule has 2 atom stereocenters. The summed E-state index contributed by atoms with van der Waals surface area (Å²) in [5.41, 5.74) is 7.12. The van der Waals surface area contributed by atoms with Crippen LogP contribution in [0.5, 0.6) is 0 Å². The molecule has 0 saturated carbocycles. The molecule has 1 aliphatic rings. The lowest BCUT2D eigenvalue weighted by Crippen LogP contribution is -2.02. The van der Waals surface area contributed by atoms with E-state index in [1.807, 2.05) is 0 Å². The van der Waals surface area contributed by atoms with Gasteiger partial charge in [0.25, 0.3) is 0 Å². The second kappa shape index (κ2) is 7.31. The summed E-state index contributed by atoms with van der Waals surface area (Å²) in [7, 11) is 0. The van der Waals surface area contributed by atoms with Crippen molar-refractivity contribution in [3.8, 4) is 11.1 Å². The number of fused-ring (bicyclic) bond motifs is 3. The van der Waals surface area contributed by atoms with Crippen LogP contribution in [0.1, 0.15) is 75.0 Å². The van der Waals surface area contributed by atoms with Crippen LogP contribution in [0, 0.1) is 11.8 Å². The maximum absolute atomic E-state index is 10.4. The van der Waals surface area contributed by atoms with Crippen molar-refractivity contribution in [2.45, 2.75) is 59.2 Å². The van der Waals surface area contributed by atoms with E-state index in [2.05, 4.69) is 64.1 Å². The summed E-state index contributed by atoms with van der Waals surface area (Å²) in [5, 5.41) is 20.8. The fourth-order valence-corrected chi connectivity index (χ4v) is 3.83. The fraction of sp³-hybridized carbons (Fsp3) is 0.478. The standard InChI is InChI=1S/C23H30O2/c1-14(2)9-22(24)16-5-7-20-18(11-16)13-19-12-17(6-8-21(19)20)23(25)10-15(3)4/h5-8,11-12,14-15,22-25H,9-10,13H2,1-4H3. The maximum atomic E-state index is 10.4. The molecule has 0 saturated heterocycles. The highest BCUT2D eigenvalue weighted by Gasteiger charge is 2.22. The Labute approximate surface area is 151 Å². The van der Waals surface area contributed by atoms with E-state index in [0.717, 1.165) is 30.4 Å². The molecule has 2 N–H and O–H groups in total. The van der Waals surface area contributed by atoms with Crippen molar-refractivity contribution in [3.63, 3.8) is 0 Å². The zero-order valence-electron chi connectivity index (χ0n) is 15.8. The molecule has 0 amide bonds. The van der Waals surface area contributed by atoms with Crippen molar-refractivity contribution in [1.82, 2.24) is 0 Å². The minimum atomic E-state index is -0.391. The predicted molar refractivity (Wildman–Crippen MR) is 104 cm³/mol. The number of hydrogen-bond acceptors (Lipinski definition) is 2. The molecule has 0 spiro atoms. The Morgan fingerprint density at radius 1 is 0.720 bits per heavy atom. The van der Waals surface area contributed by atoms with Gasteiger partial charge in [-0.2, -0.15) is 0 Å². The number of hydrogen-bond donors (Lipinski definition) is 2. The fourth-order valence-electron chi connectivity index (χ4n) is 3.83. The third kappa shape index (κ3) is 3.96. The maximum Gasteiger partial charge on any atom is 0.0792 e. The van der Waals surface area contributed by atoms with Gasteiger partial charge in [0, 0.05) is 0 Å². The van der Waals surface area contributed by atoms with E-state index >= 15 is 0 Å². The second-order valence-corrected chi connectivity index (χ2v) is 8.30. The summed E-state index contributed by atoms with van der Waals surface area (Å²) in [6.45, 7) is 8.54. The molecule has 0 bridgehead atoms. The van der Waals surface area contributed by atoms with Crippen molar-refractivity contribution in [2.24, 2.45) is 11.8 Å². The highest BCUT2D eigenvalue weighted by molar-refractivity contribution is 5.77. The monoisotopic (exact) mass is 338 g/mol. The van der Waals surface area contributed by atoms with Gasteiger partial charge in [-0.05, 0) is 64.5 Å². The van der Waals surface area contributed by atoms with Gasteiger partial charge in [-0.25, -0.2) is 0 Å². The van der Waals surface area contributed by atoms with Crippen molar-refractivity contribution >= 4 is 0 Å². The molecule has 0 aliphatic heterocycles. The third-order valence-electron chi connectivity index (χ3n) is 5.09. The molecule has 0 radical (unpaired) electrons. The largest absolute Gasteiger partial charge is 0.388 e. The van der Waals surface area contributed by atoms with E-state index in [1.54, 1.807) is 0 Å². The molecular weight excluding hydrogens is 308 g/mol. The van der Waals surface area contributed by atoms with Crippen LogP contribution in [0.2, 0.25) is 0 Å². The lowest BCUT2D eigenvalue weighted by molar-refractivity contribution is 0.150. The van der Waals surface area contributed by atoms with E-state index in [-0.39, 0.29) is 0 Å². The number of rotatable bonds is 6. The highest BCUT2D eigenvalue weighted by atomic mass is 16.3. The van der Waals surface area contributed by atoms with Gasteiger partial charge in [-0.3, -0.25) is 0 Å². The van der Waals surface area contributed by atoms with Gasteiger partial charge >= 0.3 is 0 Å². The topological polar surface area (TPSA) is 40.5 Å². The Balaban J connectivity index is 1.84. The lowest BCUT2D eigenvalue weighted by atomic mass is 9.95. The van der Waals surface area contributed by atoms with E-state index in [9.17, 15) is 10.2 Å². The summed E-state index contributed by atoms with van der Waals surface area (Å²) in [6, 6.07) is 12.7. The van der Waals surface area contributed by atoms with Gasteiger partial charge in [-0.1, -0.05) is 64.1 Å². The van der Waals surface area contributed by atoms with Crippen LogP contribution in [-0.4, -0.2) is 10.2 Å². The molecule has 25 heavy (non-hydrogen) atoms. The van der Waals surface area contributed by atoms with E-state index in [0.29, 0.717) is 11.8 Å². The van der Waals surface area contributed by atoms with Crippen LogP contribution >= 0.6 is 0 Å². The van der Waals surface area contributed by atoms with Crippen molar-refractivity contribution in [1.29, 1.82) is 0 Å². The second-order valence-electron chi connectivity index (χ2n) is 8.30. The molecule has 2 heteroatoms. The van der Waals surface area contributed by atoms with Crippen molar-refractivity contribution < 1.29 is 10.2 Å². The number of aliphatic hydroxyl groups is 2. The average molecular weight is 338 g/mol. The van der Waals surface area contributed by atoms with Crippen LogP contribution in [0.4, 0.5) is 0 Å². The minimum absolute atomic E-state index is 0.391. The first-order valence-corrected chi connectivity index (χ1v) is 9.47. The first-order chi connectivity index (χ1) is 11.8. The van der Waals surface area contributed by atoms with E-state index in [1.165, 1.54) is 22.3 Å². The number of aliphatic hydroxyl groups excluding tert-OH is 2. The Kier molecular flexibility index (Phi) is 5.31. The van der Waals surface area contributed by atoms with E-state index < -0.39 is 12.2 Å². The Morgan fingerprint density at radius 2 is 1.12 bits per heavy atom. The quantitative estimate of drug-likeness (QED) is 0.630. The third-order valence-corrected chi connectivity index (χ3v) is 5.09. The predicted octanol–water partition coefficient (Wildman–Crippen LogP) is 5.42. The van der Waals surface area contributed by atoms with Crippen LogP contribution in [-0.2, 0) is 6.42 Å². The molecule has 1 aliphatic carbocycles. The summed E-state index contributed by atoms with van der Waals surface area (Å²) >= 11 is 0. The number of benzene rings is 2. The molecule has 0 aromatic heterocycles. The Hall–Kier alpha value is -1.64. The smallest absolute Gasteiger partial charge is 0.0792 e. The molecule has 3 rings (SSSR count). The zero-order chi connectivity index (χ0) is 18.1. The molecule has 0 heterocycles. The van der Waals surface area contributed by atoms with Crippen LogP contribution in [0.3, 0.4) is 0 Å². The van der Waals surface area contributed by atoms with Gasteiger partial charge < -0.3 is 10.2 Å². The van der Waals surface area contributed by atoms with Crippen LogP contribution in [0.15, 0.2) is 36.4 Å². The van der Waals surface area contributed by atoms with Crippen molar-refractivity contribution in [3.05, 3.63) is 58.7 Å². The van der Waals surface area contributed by atoms with Gasteiger partial charge in [0.05, 0.1) is 12.2 Å². The molecule has 0 fully saturated rings. The average Bonchev–Trinajstić information content (AvgIpc) is 2.90. The van der Waals surface area contributed by atoms with Crippen LogP contribution in [0.25, 0.3) is 11.1 Å². The molecule has 134 valence electrons. The van der Waals surface area contributed by atoms with Gasteiger partial charge in [0.1, 0.15) is 0 Å². The van der Waals surface area contributed by atoms with E-state index in [4.69, 9.17) is 0 Å².